The second-order valence-corrected chi connectivity index (χ2v) is 8.57. The first-order valence-electron chi connectivity index (χ1n) is 9.78. The zero-order valence-electron chi connectivity index (χ0n) is 16.6. The lowest BCUT2D eigenvalue weighted by Crippen LogP contribution is -2.12. The van der Waals surface area contributed by atoms with Crippen LogP contribution in [-0.2, 0) is 4.79 Å². The van der Waals surface area contributed by atoms with E-state index < -0.39 is 0 Å². The van der Waals surface area contributed by atoms with Crippen LogP contribution in [-0.4, -0.2) is 30.5 Å². The first-order chi connectivity index (χ1) is 14.5. The highest BCUT2D eigenvalue weighted by molar-refractivity contribution is 7.99. The highest BCUT2D eigenvalue weighted by atomic mass is 32.2. The van der Waals surface area contributed by atoms with Gasteiger partial charge in [-0.15, -0.1) is 0 Å². The zero-order chi connectivity index (χ0) is 20.7. The van der Waals surface area contributed by atoms with E-state index in [0.717, 1.165) is 45.5 Å². The topological polar surface area (TPSA) is 100 Å². The molecule has 0 bridgehead atoms. The van der Waals surface area contributed by atoms with Crippen molar-refractivity contribution >= 4 is 40.8 Å². The van der Waals surface area contributed by atoms with Crippen LogP contribution in [0.15, 0.2) is 52.5 Å². The maximum Gasteiger partial charge on any atom is 0.227 e. The normalized spacial score (nSPS) is 13.5. The van der Waals surface area contributed by atoms with E-state index in [2.05, 4.69) is 25.8 Å². The van der Waals surface area contributed by atoms with Gasteiger partial charge in [0.2, 0.25) is 11.9 Å². The average molecular weight is 420 g/mol. The highest BCUT2D eigenvalue weighted by Gasteiger charge is 2.29. The number of aryl methyl sites for hydroxylation is 2. The van der Waals surface area contributed by atoms with Crippen molar-refractivity contribution < 1.29 is 4.79 Å². The second-order valence-electron chi connectivity index (χ2n) is 7.48. The molecular formula is C21H21N7OS. The number of benzene rings is 1. The van der Waals surface area contributed by atoms with Gasteiger partial charge in [0.1, 0.15) is 10.7 Å². The number of carbonyl (C=O) groups excluding carboxylic acids is 1. The fourth-order valence-electron chi connectivity index (χ4n) is 3.14. The molecule has 4 aromatic rings. The van der Waals surface area contributed by atoms with Crippen LogP contribution >= 0.6 is 11.8 Å². The number of hydrogen-bond acceptors (Lipinski definition) is 6. The minimum absolute atomic E-state index is 0.113. The number of imidazole rings is 1. The van der Waals surface area contributed by atoms with E-state index in [1.54, 1.807) is 11.8 Å². The number of aromatic nitrogens is 5. The summed E-state index contributed by atoms with van der Waals surface area (Å²) in [6, 6.07) is 11.7. The Morgan fingerprint density at radius 3 is 2.67 bits per heavy atom. The number of amides is 1. The molecule has 3 N–H and O–H groups in total. The molecule has 1 aliphatic rings. The molecular weight excluding hydrogens is 398 g/mol. The molecule has 3 aromatic heterocycles. The molecule has 0 radical (unpaired) electrons. The molecule has 0 aliphatic heterocycles. The van der Waals surface area contributed by atoms with Crippen LogP contribution < -0.4 is 10.6 Å². The number of rotatable bonds is 6. The predicted molar refractivity (Wildman–Crippen MR) is 116 cm³/mol. The van der Waals surface area contributed by atoms with Crippen molar-refractivity contribution in [1.82, 2.24) is 24.6 Å². The highest BCUT2D eigenvalue weighted by Crippen LogP contribution is 2.32. The van der Waals surface area contributed by atoms with Crippen LogP contribution in [0.4, 0.5) is 17.5 Å². The van der Waals surface area contributed by atoms with Gasteiger partial charge < -0.3 is 10.6 Å². The number of carbonyl (C=O) groups is 1. The van der Waals surface area contributed by atoms with Crippen molar-refractivity contribution in [3.8, 4) is 0 Å². The number of fused-ring (bicyclic) bond motifs is 1. The van der Waals surface area contributed by atoms with E-state index >= 15 is 0 Å². The van der Waals surface area contributed by atoms with Gasteiger partial charge in [0, 0.05) is 40.5 Å². The van der Waals surface area contributed by atoms with Gasteiger partial charge in [0.05, 0.1) is 5.69 Å². The molecule has 152 valence electrons. The first-order valence-corrected chi connectivity index (χ1v) is 10.6. The number of nitrogens with one attached hydrogen (secondary N) is 3. The van der Waals surface area contributed by atoms with E-state index in [-0.39, 0.29) is 11.8 Å². The molecule has 1 fully saturated rings. The molecule has 0 unspecified atom stereocenters. The quantitative estimate of drug-likeness (QED) is 0.403. The Balaban J connectivity index is 1.39. The Bertz CT molecular complexity index is 1220. The molecule has 0 spiro atoms. The molecule has 1 aromatic carbocycles. The van der Waals surface area contributed by atoms with Crippen molar-refractivity contribution in [2.45, 2.75) is 36.6 Å². The molecule has 30 heavy (non-hydrogen) atoms. The summed E-state index contributed by atoms with van der Waals surface area (Å²) in [5.74, 6) is 1.65. The average Bonchev–Trinajstić information content (AvgIpc) is 3.39. The van der Waals surface area contributed by atoms with Crippen molar-refractivity contribution in [3.05, 3.63) is 54.0 Å². The van der Waals surface area contributed by atoms with Crippen molar-refractivity contribution in [2.75, 3.05) is 10.6 Å². The molecule has 1 aliphatic carbocycles. The number of anilines is 3. The van der Waals surface area contributed by atoms with Crippen molar-refractivity contribution in [3.63, 3.8) is 0 Å². The van der Waals surface area contributed by atoms with Crippen LogP contribution in [0.5, 0.6) is 0 Å². The maximum absolute atomic E-state index is 11.9. The number of aromatic amines is 1. The molecule has 1 saturated carbocycles. The van der Waals surface area contributed by atoms with Gasteiger partial charge in [-0.2, -0.15) is 5.10 Å². The Morgan fingerprint density at radius 1 is 1.17 bits per heavy atom. The van der Waals surface area contributed by atoms with Crippen LogP contribution in [0.3, 0.4) is 0 Å². The summed E-state index contributed by atoms with van der Waals surface area (Å²) >= 11 is 1.54. The molecule has 3 heterocycles. The third-order valence-electron chi connectivity index (χ3n) is 4.79. The summed E-state index contributed by atoms with van der Waals surface area (Å²) in [4.78, 5) is 22.3. The Hall–Kier alpha value is -3.33. The lowest BCUT2D eigenvalue weighted by Gasteiger charge is -2.09. The van der Waals surface area contributed by atoms with E-state index in [1.807, 2.05) is 60.8 Å². The molecule has 0 atom stereocenters. The van der Waals surface area contributed by atoms with Crippen LogP contribution in [0.2, 0.25) is 0 Å². The fraction of sp³-hybridized carbons (Fsp3) is 0.238. The summed E-state index contributed by atoms with van der Waals surface area (Å²) in [5.41, 5.74) is 3.51. The van der Waals surface area contributed by atoms with Gasteiger partial charge >= 0.3 is 0 Å². The van der Waals surface area contributed by atoms with E-state index in [0.29, 0.717) is 11.8 Å². The minimum Gasteiger partial charge on any atom is -0.326 e. The lowest BCUT2D eigenvalue weighted by atomic mass is 10.3. The van der Waals surface area contributed by atoms with Crippen LogP contribution in [0, 0.1) is 19.8 Å². The summed E-state index contributed by atoms with van der Waals surface area (Å²) in [6.07, 6.45) is 3.93. The van der Waals surface area contributed by atoms with Gasteiger partial charge in [-0.05, 0) is 51.0 Å². The molecule has 9 heteroatoms. The molecule has 0 saturated heterocycles. The van der Waals surface area contributed by atoms with E-state index in [1.165, 1.54) is 0 Å². The Labute approximate surface area is 177 Å². The number of nitrogens with zero attached hydrogens (tertiary/aromatic N) is 4. The second kappa shape index (κ2) is 7.49. The Kier molecular flexibility index (Phi) is 4.66. The van der Waals surface area contributed by atoms with E-state index in [9.17, 15) is 4.79 Å². The van der Waals surface area contributed by atoms with Crippen LogP contribution in [0.25, 0.3) is 5.65 Å². The molecule has 8 nitrogen and oxygen atoms in total. The maximum atomic E-state index is 11.9. The van der Waals surface area contributed by atoms with Gasteiger partial charge in [-0.25, -0.2) is 9.97 Å². The number of H-pyrrole nitrogens is 1. The summed E-state index contributed by atoms with van der Waals surface area (Å²) in [6.45, 7) is 3.91. The standard InChI is InChI=1S/C21H21N7OS/c1-12-9-17(27-26-12)24-21-25-19(10-18-22-13(2)11-28(18)21)30-16-7-5-15(6-8-16)23-20(29)14-3-4-14/h5-11,14H,3-4H2,1-2H3,(H,23,29)(H2,24,25,26,27). The first kappa shape index (κ1) is 18.7. The largest absolute Gasteiger partial charge is 0.326 e. The van der Waals surface area contributed by atoms with Gasteiger partial charge in [0.15, 0.2) is 5.82 Å². The molecule has 5 rings (SSSR count). The van der Waals surface area contributed by atoms with Gasteiger partial charge in [0.25, 0.3) is 0 Å². The van der Waals surface area contributed by atoms with Gasteiger partial charge in [-0.3, -0.25) is 14.3 Å². The minimum atomic E-state index is 0.113. The smallest absolute Gasteiger partial charge is 0.227 e. The van der Waals surface area contributed by atoms with E-state index in [4.69, 9.17) is 4.98 Å². The number of hydrogen-bond donors (Lipinski definition) is 3. The van der Waals surface area contributed by atoms with Crippen molar-refractivity contribution in [1.29, 1.82) is 0 Å². The van der Waals surface area contributed by atoms with Crippen molar-refractivity contribution in [2.24, 2.45) is 5.92 Å². The Morgan fingerprint density at radius 2 is 1.97 bits per heavy atom. The third-order valence-corrected chi connectivity index (χ3v) is 5.71. The zero-order valence-corrected chi connectivity index (χ0v) is 17.5. The van der Waals surface area contributed by atoms with Gasteiger partial charge in [-0.1, -0.05) is 11.8 Å². The predicted octanol–water partition coefficient (Wildman–Crippen LogP) is 4.31. The third kappa shape index (κ3) is 4.02. The lowest BCUT2D eigenvalue weighted by molar-refractivity contribution is -0.117. The fourth-order valence-corrected chi connectivity index (χ4v) is 3.95. The monoisotopic (exact) mass is 419 g/mol. The molecule has 1 amide bonds. The summed E-state index contributed by atoms with van der Waals surface area (Å²) in [7, 11) is 0. The summed E-state index contributed by atoms with van der Waals surface area (Å²) < 4.78 is 1.92. The van der Waals surface area contributed by atoms with Crippen LogP contribution in [0.1, 0.15) is 24.2 Å². The summed E-state index contributed by atoms with van der Waals surface area (Å²) in [5, 5.41) is 14.2. The SMILES string of the molecule is Cc1cn2c(Nc3cc(C)[nH]n3)nc(Sc3ccc(NC(=O)C4CC4)cc3)cc2n1.